The summed E-state index contributed by atoms with van der Waals surface area (Å²) in [7, 11) is 0. The molecule has 158 valence electrons. The van der Waals surface area contributed by atoms with Crippen molar-refractivity contribution in [1.82, 2.24) is 15.5 Å². The van der Waals surface area contributed by atoms with Gasteiger partial charge in [0, 0.05) is 25.3 Å². The molecule has 0 aromatic heterocycles. The fourth-order valence-corrected chi connectivity index (χ4v) is 4.33. The molecule has 7 heteroatoms. The molecular formula is C22H32N4O3. The fraction of sp³-hybridized carbons (Fsp3) is 0.591. The number of anilines is 1. The van der Waals surface area contributed by atoms with E-state index < -0.39 is 5.54 Å². The smallest absolute Gasteiger partial charge is 0.321 e. The predicted octanol–water partition coefficient (Wildman–Crippen LogP) is 2.89. The number of para-hydroxylation sites is 1. The molecule has 1 heterocycles. The zero-order valence-corrected chi connectivity index (χ0v) is 17.2. The summed E-state index contributed by atoms with van der Waals surface area (Å²) in [4.78, 5) is 40.1. The van der Waals surface area contributed by atoms with Gasteiger partial charge in [-0.25, -0.2) is 4.79 Å². The molecule has 0 bridgehead atoms. The topological polar surface area (TPSA) is 90.5 Å². The van der Waals surface area contributed by atoms with Crippen LogP contribution in [0.4, 0.5) is 10.5 Å². The van der Waals surface area contributed by atoms with Crippen LogP contribution >= 0.6 is 0 Å². The van der Waals surface area contributed by atoms with E-state index in [0.717, 1.165) is 37.8 Å². The second-order valence-corrected chi connectivity index (χ2v) is 8.07. The summed E-state index contributed by atoms with van der Waals surface area (Å²) in [6.45, 7) is 3.44. The Labute approximate surface area is 172 Å². The van der Waals surface area contributed by atoms with Crippen molar-refractivity contribution in [2.75, 3.05) is 25.0 Å². The van der Waals surface area contributed by atoms with Crippen molar-refractivity contribution in [3.63, 3.8) is 0 Å². The van der Waals surface area contributed by atoms with E-state index in [4.69, 9.17) is 0 Å². The molecule has 1 aromatic rings. The summed E-state index contributed by atoms with van der Waals surface area (Å²) in [5.41, 5.74) is -0.0682. The Morgan fingerprint density at radius 1 is 1.07 bits per heavy atom. The molecule has 4 amide bonds. The average Bonchev–Trinajstić information content (AvgIpc) is 2.75. The van der Waals surface area contributed by atoms with Gasteiger partial charge >= 0.3 is 6.03 Å². The van der Waals surface area contributed by atoms with Crippen LogP contribution in [0.3, 0.4) is 0 Å². The molecule has 29 heavy (non-hydrogen) atoms. The van der Waals surface area contributed by atoms with Crippen LogP contribution in [0.5, 0.6) is 0 Å². The van der Waals surface area contributed by atoms with Gasteiger partial charge in [0.05, 0.1) is 5.92 Å². The van der Waals surface area contributed by atoms with Crippen LogP contribution in [0, 0.1) is 5.92 Å². The first-order chi connectivity index (χ1) is 14.0. The Hall–Kier alpha value is -2.57. The summed E-state index contributed by atoms with van der Waals surface area (Å²) in [6.07, 6.45) is 5.82. The van der Waals surface area contributed by atoms with E-state index in [1.807, 2.05) is 37.3 Å². The van der Waals surface area contributed by atoms with Crippen LogP contribution in [0.1, 0.15) is 51.9 Å². The molecule has 0 radical (unpaired) electrons. The number of piperidine rings is 1. The molecule has 1 unspecified atom stereocenters. The lowest BCUT2D eigenvalue weighted by Gasteiger charge is -2.39. The van der Waals surface area contributed by atoms with Crippen molar-refractivity contribution in [2.45, 2.75) is 57.4 Å². The third-order valence-electron chi connectivity index (χ3n) is 5.95. The van der Waals surface area contributed by atoms with E-state index in [2.05, 4.69) is 16.0 Å². The van der Waals surface area contributed by atoms with Gasteiger partial charge in [0.1, 0.15) is 5.54 Å². The number of hydrogen-bond acceptors (Lipinski definition) is 3. The maximum atomic E-state index is 13.1. The zero-order chi connectivity index (χ0) is 20.7. The first-order valence-corrected chi connectivity index (χ1v) is 10.8. The molecular weight excluding hydrogens is 368 g/mol. The fourth-order valence-electron chi connectivity index (χ4n) is 4.33. The van der Waals surface area contributed by atoms with Gasteiger partial charge in [0.15, 0.2) is 0 Å². The van der Waals surface area contributed by atoms with Crippen LogP contribution in [-0.2, 0) is 9.59 Å². The van der Waals surface area contributed by atoms with Crippen molar-refractivity contribution >= 4 is 23.5 Å². The highest BCUT2D eigenvalue weighted by Gasteiger charge is 2.42. The predicted molar refractivity (Wildman–Crippen MR) is 112 cm³/mol. The number of rotatable bonds is 5. The first kappa shape index (κ1) is 21.1. The van der Waals surface area contributed by atoms with Crippen LogP contribution < -0.4 is 16.0 Å². The number of amides is 4. The molecule has 1 aromatic carbocycles. The normalized spacial score (nSPS) is 21.1. The van der Waals surface area contributed by atoms with Crippen molar-refractivity contribution in [2.24, 2.45) is 5.92 Å². The minimum atomic E-state index is -0.806. The average molecular weight is 401 g/mol. The Morgan fingerprint density at radius 3 is 2.48 bits per heavy atom. The molecule has 0 spiro atoms. The maximum Gasteiger partial charge on any atom is 0.321 e. The number of carbonyl (C=O) groups excluding carboxylic acids is 3. The van der Waals surface area contributed by atoms with E-state index in [1.54, 1.807) is 4.90 Å². The maximum absolute atomic E-state index is 13.1. The van der Waals surface area contributed by atoms with Crippen molar-refractivity contribution in [3.8, 4) is 0 Å². The van der Waals surface area contributed by atoms with E-state index in [0.29, 0.717) is 32.5 Å². The standard InChI is InChI=1S/C22H32N4O3/c1-2-23-20(28)22(13-7-4-8-14-22)25-19(27)17-10-9-15-26(16-17)21(29)24-18-11-5-3-6-12-18/h3,5-6,11-12,17H,2,4,7-10,13-16H2,1H3,(H,23,28)(H,24,29)(H,25,27). The number of likely N-dealkylation sites (N-methyl/N-ethyl adjacent to an activating group) is 1. The summed E-state index contributed by atoms with van der Waals surface area (Å²) in [6, 6.07) is 9.12. The summed E-state index contributed by atoms with van der Waals surface area (Å²) in [5.74, 6) is -0.489. The first-order valence-electron chi connectivity index (χ1n) is 10.8. The van der Waals surface area contributed by atoms with Crippen LogP contribution in [-0.4, -0.2) is 47.9 Å². The third-order valence-corrected chi connectivity index (χ3v) is 5.95. The number of nitrogens with zero attached hydrogens (tertiary/aromatic N) is 1. The van der Waals surface area contributed by atoms with E-state index in [-0.39, 0.29) is 23.8 Å². The lowest BCUT2D eigenvalue weighted by molar-refractivity contribution is -0.137. The minimum Gasteiger partial charge on any atom is -0.354 e. The molecule has 2 aliphatic rings. The second kappa shape index (κ2) is 9.76. The third kappa shape index (κ3) is 5.28. The largest absolute Gasteiger partial charge is 0.354 e. The van der Waals surface area contributed by atoms with Gasteiger partial charge in [-0.05, 0) is 44.7 Å². The van der Waals surface area contributed by atoms with Crippen LogP contribution in [0.15, 0.2) is 30.3 Å². The molecule has 1 saturated carbocycles. The zero-order valence-electron chi connectivity index (χ0n) is 17.2. The Bertz CT molecular complexity index is 716. The highest BCUT2D eigenvalue weighted by Crippen LogP contribution is 2.30. The number of nitrogens with one attached hydrogen (secondary N) is 3. The quantitative estimate of drug-likeness (QED) is 0.710. The molecule has 3 N–H and O–H groups in total. The van der Waals surface area contributed by atoms with Crippen LogP contribution in [0.2, 0.25) is 0 Å². The molecule has 1 atom stereocenters. The number of hydrogen-bond donors (Lipinski definition) is 3. The lowest BCUT2D eigenvalue weighted by Crippen LogP contribution is -2.61. The van der Waals surface area contributed by atoms with Gasteiger partial charge in [-0.1, -0.05) is 37.5 Å². The van der Waals surface area contributed by atoms with Crippen molar-refractivity contribution in [3.05, 3.63) is 30.3 Å². The number of benzene rings is 1. The van der Waals surface area contributed by atoms with E-state index >= 15 is 0 Å². The Kier molecular flexibility index (Phi) is 7.12. The van der Waals surface area contributed by atoms with Crippen molar-refractivity contribution in [1.29, 1.82) is 0 Å². The molecule has 7 nitrogen and oxygen atoms in total. The summed E-state index contributed by atoms with van der Waals surface area (Å²) < 4.78 is 0. The second-order valence-electron chi connectivity index (χ2n) is 8.07. The van der Waals surface area contributed by atoms with Crippen molar-refractivity contribution < 1.29 is 14.4 Å². The number of urea groups is 1. The lowest BCUT2D eigenvalue weighted by atomic mass is 9.80. The SMILES string of the molecule is CCNC(=O)C1(NC(=O)C2CCCN(C(=O)Nc3ccccc3)C2)CCCCC1. The Balaban J connectivity index is 1.62. The van der Waals surface area contributed by atoms with Gasteiger partial charge in [0.2, 0.25) is 11.8 Å². The highest BCUT2D eigenvalue weighted by atomic mass is 16.2. The summed E-state index contributed by atoms with van der Waals surface area (Å²) >= 11 is 0. The van der Waals surface area contributed by atoms with E-state index in [9.17, 15) is 14.4 Å². The van der Waals surface area contributed by atoms with Gasteiger partial charge in [0.25, 0.3) is 0 Å². The molecule has 2 fully saturated rings. The Morgan fingerprint density at radius 2 is 1.79 bits per heavy atom. The molecule has 1 aliphatic heterocycles. The molecule has 3 rings (SSSR count). The van der Waals surface area contributed by atoms with Gasteiger partial charge in [-0.3, -0.25) is 9.59 Å². The monoisotopic (exact) mass is 400 g/mol. The molecule has 1 aliphatic carbocycles. The summed E-state index contributed by atoms with van der Waals surface area (Å²) in [5, 5.41) is 8.86. The number of carbonyl (C=O) groups is 3. The number of likely N-dealkylation sites (tertiary alicyclic amines) is 1. The minimum absolute atomic E-state index is 0.0810. The van der Waals surface area contributed by atoms with Gasteiger partial charge in [-0.15, -0.1) is 0 Å². The molecule has 1 saturated heterocycles. The highest BCUT2D eigenvalue weighted by molar-refractivity contribution is 5.93. The van der Waals surface area contributed by atoms with E-state index in [1.165, 1.54) is 0 Å². The van der Waals surface area contributed by atoms with Gasteiger partial charge < -0.3 is 20.9 Å². The van der Waals surface area contributed by atoms with Crippen LogP contribution in [0.25, 0.3) is 0 Å². The van der Waals surface area contributed by atoms with Gasteiger partial charge in [-0.2, -0.15) is 0 Å².